The van der Waals surface area contributed by atoms with Gasteiger partial charge in [-0.15, -0.1) is 0 Å². The Morgan fingerprint density at radius 1 is 0.787 bits per heavy atom. The number of unbranched alkanes of at least 4 members (excludes halogenated alkanes) is 1. The van der Waals surface area contributed by atoms with Gasteiger partial charge in [-0.2, -0.15) is 0 Å². The maximum Gasteiger partial charge on any atom is 0.308 e. The molecule has 1 saturated carbocycles. The normalized spacial score (nSPS) is 22.6. The number of fused-ring (bicyclic) bond motifs is 2. The van der Waals surface area contributed by atoms with Gasteiger partial charge in [-0.05, 0) is 55.3 Å². The van der Waals surface area contributed by atoms with E-state index >= 15 is 19.2 Å². The fraction of sp³-hybridized carbons (Fsp3) is 0.600. The molecule has 2 aromatic carbocycles. The Kier molecular flexibility index (Phi) is 23.0. The molecule has 0 radical (unpaired) electrons. The topological polar surface area (TPSA) is 270 Å². The van der Waals surface area contributed by atoms with Gasteiger partial charge in [0.2, 0.25) is 29.5 Å². The van der Waals surface area contributed by atoms with Gasteiger partial charge in [-0.1, -0.05) is 100 Å². The van der Waals surface area contributed by atoms with E-state index in [0.717, 1.165) is 47.9 Å². The molecule has 75 heavy (non-hydrogen) atoms. The summed E-state index contributed by atoms with van der Waals surface area (Å²) in [5.41, 5.74) is 8.26. The van der Waals surface area contributed by atoms with Gasteiger partial charge in [0.15, 0.2) is 0 Å². The maximum atomic E-state index is 15.7. The van der Waals surface area contributed by atoms with Crippen molar-refractivity contribution >= 4 is 58.2 Å². The molecule has 0 bridgehead atoms. The summed E-state index contributed by atoms with van der Waals surface area (Å²) in [7, 11) is 1.57. The molecule has 0 unspecified atom stereocenters. The van der Waals surface area contributed by atoms with E-state index in [2.05, 4.69) is 26.3 Å². The van der Waals surface area contributed by atoms with E-state index in [0.29, 0.717) is 37.2 Å². The zero-order valence-electron chi connectivity index (χ0n) is 43.8. The lowest BCUT2D eigenvalue weighted by atomic mass is 9.84. The van der Waals surface area contributed by atoms with Crippen molar-refractivity contribution in [3.05, 3.63) is 71.9 Å². The molecule has 20 heteroatoms. The molecule has 1 aliphatic carbocycles. The second-order valence-electron chi connectivity index (χ2n) is 19.9. The lowest BCUT2D eigenvalue weighted by Crippen LogP contribution is -2.63. The van der Waals surface area contributed by atoms with Crippen LogP contribution in [0.15, 0.2) is 60.8 Å². The number of imide groups is 1. The number of ether oxygens (including phenoxy) is 4. The molecule has 7 amide bonds. The second kappa shape index (κ2) is 29.8. The first-order valence-corrected chi connectivity index (χ1v) is 26.8. The number of aromatic amines is 1. The number of nitrogens with zero attached hydrogens (tertiary/aromatic N) is 2. The van der Waals surface area contributed by atoms with Crippen LogP contribution in [0.25, 0.3) is 10.9 Å². The summed E-state index contributed by atoms with van der Waals surface area (Å²) in [6, 6.07) is 8.20. The van der Waals surface area contributed by atoms with E-state index in [9.17, 15) is 19.2 Å². The summed E-state index contributed by atoms with van der Waals surface area (Å²) in [6.07, 6.45) is 6.21. The Hall–Kier alpha value is -6.22. The molecule has 3 aromatic rings. The molecule has 0 spiro atoms. The number of methoxy groups -OCH3 is 1. The first kappa shape index (κ1) is 58.0. The first-order valence-electron chi connectivity index (χ1n) is 26.8. The smallest absolute Gasteiger partial charge is 0.308 e. The lowest BCUT2D eigenvalue weighted by Gasteiger charge is -2.37. The molecule has 6 rings (SSSR count). The fourth-order valence-corrected chi connectivity index (χ4v) is 10.3. The minimum atomic E-state index is -1.61. The molecule has 2 aliphatic heterocycles. The zero-order valence-corrected chi connectivity index (χ0v) is 43.8. The fourth-order valence-electron chi connectivity index (χ4n) is 10.3. The molecule has 1 aromatic heterocycles. The van der Waals surface area contributed by atoms with Crippen molar-refractivity contribution in [3.63, 3.8) is 0 Å². The van der Waals surface area contributed by atoms with Crippen LogP contribution in [0.5, 0.6) is 0 Å². The van der Waals surface area contributed by atoms with Crippen LogP contribution in [0.4, 0.5) is 0 Å². The van der Waals surface area contributed by atoms with Crippen LogP contribution >= 0.6 is 0 Å². The largest absolute Gasteiger partial charge is 0.460 e. The highest BCUT2D eigenvalue weighted by Gasteiger charge is 2.49. The van der Waals surface area contributed by atoms with Crippen molar-refractivity contribution in [2.45, 2.75) is 153 Å². The SMILES string of the molecule is CCCC[C@@H]1NC(=O)[C@H](Cc2c[nH]c3ccccc23)NC(=O)[C@H](CC2CCCCC2)NC(=O)[C@@H]2C[C@@H](OC(=O)CCOCCOCCOC)CN2C(=O)[C@H](CCCN)N(C(=O)[C@H](Cc2ccccc2)NC(C)=O)C1=O. The number of aromatic nitrogens is 1. The Bertz CT molecular complexity index is 2380. The van der Waals surface area contributed by atoms with Crippen LogP contribution < -0.4 is 27.0 Å². The number of nitrogens with two attached hydrogens (primary N) is 1. The summed E-state index contributed by atoms with van der Waals surface area (Å²) in [5.74, 6) is -5.87. The third-order valence-electron chi connectivity index (χ3n) is 14.2. The van der Waals surface area contributed by atoms with Crippen molar-refractivity contribution in [2.75, 3.05) is 53.2 Å². The number of rotatable bonds is 24. The Labute approximate surface area is 439 Å². The number of amides is 7. The minimum Gasteiger partial charge on any atom is -0.460 e. The first-order chi connectivity index (χ1) is 36.3. The summed E-state index contributed by atoms with van der Waals surface area (Å²) >= 11 is 0. The number of hydrogen-bond donors (Lipinski definition) is 6. The van der Waals surface area contributed by atoms with Gasteiger partial charge in [-0.25, -0.2) is 0 Å². The van der Waals surface area contributed by atoms with Gasteiger partial charge in [0.1, 0.15) is 42.4 Å². The highest BCUT2D eigenvalue weighted by atomic mass is 16.6. The number of para-hydroxylation sites is 1. The van der Waals surface area contributed by atoms with E-state index in [1.807, 2.05) is 31.2 Å². The number of carbonyl (C=O) groups excluding carboxylic acids is 8. The number of esters is 1. The average molecular weight is 1040 g/mol. The predicted octanol–water partition coefficient (Wildman–Crippen LogP) is 3.13. The summed E-state index contributed by atoms with van der Waals surface area (Å²) in [4.78, 5) is 123. The Balaban J connectivity index is 1.44. The maximum absolute atomic E-state index is 15.7. The van der Waals surface area contributed by atoms with Crippen molar-refractivity contribution in [2.24, 2.45) is 11.7 Å². The van der Waals surface area contributed by atoms with Crippen LogP contribution in [0.2, 0.25) is 0 Å². The Morgan fingerprint density at radius 3 is 2.19 bits per heavy atom. The number of carbonyl (C=O) groups is 8. The molecule has 7 N–H and O–H groups in total. The average Bonchev–Trinajstić information content (AvgIpc) is 4.03. The summed E-state index contributed by atoms with van der Waals surface area (Å²) < 4.78 is 21.9. The van der Waals surface area contributed by atoms with E-state index in [4.69, 9.17) is 24.7 Å². The highest BCUT2D eigenvalue weighted by molar-refractivity contribution is 6.07. The van der Waals surface area contributed by atoms with Crippen LogP contribution in [-0.4, -0.2) is 158 Å². The van der Waals surface area contributed by atoms with Crippen LogP contribution in [0, 0.1) is 5.92 Å². The zero-order chi connectivity index (χ0) is 53.7. The van der Waals surface area contributed by atoms with Crippen LogP contribution in [0.1, 0.15) is 108 Å². The molecule has 3 aliphatic rings. The molecular formula is C55H78N8O12. The quantitative estimate of drug-likeness (QED) is 0.0557. The van der Waals surface area contributed by atoms with Crippen molar-refractivity contribution in [1.82, 2.24) is 36.1 Å². The molecule has 3 fully saturated rings. The van der Waals surface area contributed by atoms with Gasteiger partial charge < -0.3 is 55.8 Å². The highest BCUT2D eigenvalue weighted by Crippen LogP contribution is 2.30. The van der Waals surface area contributed by atoms with Gasteiger partial charge in [0, 0.05) is 50.4 Å². The van der Waals surface area contributed by atoms with Gasteiger partial charge in [0.05, 0.1) is 46.0 Å². The molecule has 20 nitrogen and oxygen atoms in total. The Morgan fingerprint density at radius 2 is 1.47 bits per heavy atom. The van der Waals surface area contributed by atoms with Crippen molar-refractivity contribution in [1.29, 1.82) is 0 Å². The van der Waals surface area contributed by atoms with Crippen LogP contribution in [0.3, 0.4) is 0 Å². The van der Waals surface area contributed by atoms with Crippen molar-refractivity contribution in [3.8, 4) is 0 Å². The molecule has 7 atom stereocenters. The molecule has 410 valence electrons. The van der Waals surface area contributed by atoms with Crippen LogP contribution in [-0.2, 0) is 70.1 Å². The number of benzene rings is 2. The number of nitrogens with one attached hydrogen (secondary N) is 5. The van der Waals surface area contributed by atoms with Gasteiger partial charge in [0.25, 0.3) is 11.8 Å². The third-order valence-corrected chi connectivity index (χ3v) is 14.2. The molecule has 3 heterocycles. The lowest BCUT2D eigenvalue weighted by molar-refractivity contribution is -0.159. The predicted molar refractivity (Wildman–Crippen MR) is 278 cm³/mol. The second-order valence-corrected chi connectivity index (χ2v) is 19.9. The van der Waals surface area contributed by atoms with Gasteiger partial charge in [-0.3, -0.25) is 43.3 Å². The van der Waals surface area contributed by atoms with E-state index in [1.165, 1.54) is 11.8 Å². The number of H-pyrrole nitrogens is 1. The summed E-state index contributed by atoms with van der Waals surface area (Å²) in [6.45, 7) is 4.23. The number of hydrogen-bond acceptors (Lipinski definition) is 13. The van der Waals surface area contributed by atoms with E-state index in [-0.39, 0.29) is 90.2 Å². The molecular weight excluding hydrogens is 965 g/mol. The third kappa shape index (κ3) is 16.9. The molecule has 2 saturated heterocycles. The van der Waals surface area contributed by atoms with Gasteiger partial charge >= 0.3 is 5.97 Å². The minimum absolute atomic E-state index is 0.0134. The standard InChI is InChI=1S/C55H78N8O12/c1-4-5-20-43-53(69)63(54(70)46(58-36(2)64)31-38-17-10-7-11-18-38)47(22-14-24-56)55(71)62-35-40(75-49(65)23-25-73-28-29-74-27-26-72-3)33-48(62)52(68)61-44(30-37-15-8-6-9-16-37)50(66)60-45(51(67)59-43)32-39-34-57-42-21-13-12-19-41(39)42/h7,10-13,17-19,21,34,37,40,43-48,57H,4-6,8-9,14-16,20,22-33,35,56H2,1-3H3,(H,58,64)(H,59,67)(H,60,66)(H,61,68)/t40-,43+,44+,45+,46+,47+,48+/m1/s1. The van der Waals surface area contributed by atoms with E-state index < -0.39 is 89.7 Å². The monoisotopic (exact) mass is 1040 g/mol. The van der Waals surface area contributed by atoms with E-state index in [1.54, 1.807) is 43.6 Å². The van der Waals surface area contributed by atoms with Crippen molar-refractivity contribution < 1.29 is 57.3 Å². The summed E-state index contributed by atoms with van der Waals surface area (Å²) in [5, 5.41) is 12.4.